The van der Waals surface area contributed by atoms with Crippen LogP contribution in [0.25, 0.3) is 0 Å². The van der Waals surface area contributed by atoms with Crippen molar-refractivity contribution in [1.29, 1.82) is 0 Å². The first-order chi connectivity index (χ1) is 9.18. The van der Waals surface area contributed by atoms with Crippen LogP contribution in [0, 0.1) is 5.82 Å². The maximum Gasteiger partial charge on any atom is 0.123 e. The van der Waals surface area contributed by atoms with Crippen molar-refractivity contribution in [3.8, 4) is 0 Å². The molecule has 1 aliphatic heterocycles. The van der Waals surface area contributed by atoms with Crippen LogP contribution >= 0.6 is 11.6 Å². The minimum atomic E-state index is -0.184. The zero-order valence-electron chi connectivity index (χ0n) is 10.5. The molecule has 0 radical (unpaired) electrons. The Labute approximate surface area is 117 Å². The lowest BCUT2D eigenvalue weighted by molar-refractivity contribution is 0.274. The third-order valence-electron chi connectivity index (χ3n) is 3.84. The molecule has 3 heteroatoms. The molecule has 0 atom stereocenters. The summed E-state index contributed by atoms with van der Waals surface area (Å²) in [6, 6.07) is 14.8. The van der Waals surface area contributed by atoms with E-state index in [2.05, 4.69) is 17.4 Å². The Balaban J connectivity index is 1.87. The summed E-state index contributed by atoms with van der Waals surface area (Å²) < 4.78 is 13.0. The molecule has 98 valence electrons. The SMILES string of the molecule is Fc1ccc(CC2(c3ccc(Cl)cc3)CNC2)cc1. The number of hydrogen-bond donors (Lipinski definition) is 1. The van der Waals surface area contributed by atoms with Crippen molar-refractivity contribution < 1.29 is 4.39 Å². The van der Waals surface area contributed by atoms with Gasteiger partial charge in [0, 0.05) is 23.5 Å². The van der Waals surface area contributed by atoms with Crippen molar-refractivity contribution in [2.75, 3.05) is 13.1 Å². The second kappa shape index (κ2) is 4.95. The van der Waals surface area contributed by atoms with Gasteiger partial charge in [-0.05, 0) is 41.8 Å². The fraction of sp³-hybridized carbons (Fsp3) is 0.250. The lowest BCUT2D eigenvalue weighted by Gasteiger charge is -2.43. The molecule has 0 spiro atoms. The third-order valence-corrected chi connectivity index (χ3v) is 4.09. The largest absolute Gasteiger partial charge is 0.315 e. The molecular formula is C16H15ClFN. The van der Waals surface area contributed by atoms with E-state index in [1.54, 1.807) is 0 Å². The molecule has 0 aromatic heterocycles. The molecule has 1 fully saturated rings. The highest BCUT2D eigenvalue weighted by atomic mass is 35.5. The third kappa shape index (κ3) is 2.51. The summed E-state index contributed by atoms with van der Waals surface area (Å²) in [6.07, 6.45) is 0.919. The van der Waals surface area contributed by atoms with Gasteiger partial charge in [-0.1, -0.05) is 35.9 Å². The Bertz CT molecular complexity index is 558. The van der Waals surface area contributed by atoms with Crippen LogP contribution in [0.15, 0.2) is 48.5 Å². The van der Waals surface area contributed by atoms with E-state index in [0.717, 1.165) is 30.1 Å². The molecule has 2 aromatic carbocycles. The van der Waals surface area contributed by atoms with E-state index in [1.807, 2.05) is 24.3 Å². The van der Waals surface area contributed by atoms with Gasteiger partial charge in [-0.25, -0.2) is 4.39 Å². The number of nitrogens with one attached hydrogen (secondary N) is 1. The van der Waals surface area contributed by atoms with Gasteiger partial charge in [0.15, 0.2) is 0 Å². The molecule has 0 bridgehead atoms. The van der Waals surface area contributed by atoms with Crippen LogP contribution in [0.1, 0.15) is 11.1 Å². The van der Waals surface area contributed by atoms with Crippen LogP contribution < -0.4 is 5.32 Å². The predicted octanol–water partition coefficient (Wildman–Crippen LogP) is 3.56. The smallest absolute Gasteiger partial charge is 0.123 e. The molecule has 1 aliphatic rings. The van der Waals surface area contributed by atoms with Crippen LogP contribution in [-0.2, 0) is 11.8 Å². The van der Waals surface area contributed by atoms with Gasteiger partial charge in [-0.3, -0.25) is 0 Å². The van der Waals surface area contributed by atoms with Gasteiger partial charge in [-0.2, -0.15) is 0 Å². The first-order valence-electron chi connectivity index (χ1n) is 6.39. The van der Waals surface area contributed by atoms with Gasteiger partial charge in [0.2, 0.25) is 0 Å². The van der Waals surface area contributed by atoms with Crippen molar-refractivity contribution in [2.45, 2.75) is 11.8 Å². The minimum absolute atomic E-state index is 0.114. The molecule has 0 amide bonds. The Kier molecular flexibility index (Phi) is 3.29. The molecule has 1 heterocycles. The topological polar surface area (TPSA) is 12.0 Å². The summed E-state index contributed by atoms with van der Waals surface area (Å²) in [7, 11) is 0. The van der Waals surface area contributed by atoms with Crippen LogP contribution in [0.2, 0.25) is 5.02 Å². The van der Waals surface area contributed by atoms with E-state index in [9.17, 15) is 4.39 Å². The van der Waals surface area contributed by atoms with E-state index in [-0.39, 0.29) is 11.2 Å². The van der Waals surface area contributed by atoms with Crippen molar-refractivity contribution >= 4 is 11.6 Å². The molecular weight excluding hydrogens is 261 g/mol. The lowest BCUT2D eigenvalue weighted by atomic mass is 9.71. The predicted molar refractivity (Wildman–Crippen MR) is 76.1 cm³/mol. The van der Waals surface area contributed by atoms with Gasteiger partial charge in [0.1, 0.15) is 5.82 Å². The quantitative estimate of drug-likeness (QED) is 0.903. The highest BCUT2D eigenvalue weighted by molar-refractivity contribution is 6.30. The van der Waals surface area contributed by atoms with E-state index in [1.165, 1.54) is 17.7 Å². The number of benzene rings is 2. The molecule has 0 unspecified atom stereocenters. The zero-order valence-corrected chi connectivity index (χ0v) is 11.3. The number of halogens is 2. The molecule has 2 aromatic rings. The molecule has 1 saturated heterocycles. The maximum atomic E-state index is 13.0. The summed E-state index contributed by atoms with van der Waals surface area (Å²) >= 11 is 5.94. The molecule has 19 heavy (non-hydrogen) atoms. The first kappa shape index (κ1) is 12.6. The molecule has 0 saturated carbocycles. The van der Waals surface area contributed by atoms with Crippen LogP contribution in [0.4, 0.5) is 4.39 Å². The molecule has 1 nitrogen and oxygen atoms in total. The maximum absolute atomic E-state index is 13.0. The fourth-order valence-electron chi connectivity index (χ4n) is 2.65. The van der Waals surface area contributed by atoms with Gasteiger partial charge < -0.3 is 5.32 Å². The second-order valence-corrected chi connectivity index (χ2v) is 5.63. The normalized spacial score (nSPS) is 16.9. The summed E-state index contributed by atoms with van der Waals surface area (Å²) in [5, 5.41) is 4.10. The molecule has 1 N–H and O–H groups in total. The van der Waals surface area contributed by atoms with Crippen molar-refractivity contribution in [2.24, 2.45) is 0 Å². The first-order valence-corrected chi connectivity index (χ1v) is 6.77. The van der Waals surface area contributed by atoms with E-state index >= 15 is 0 Å². The second-order valence-electron chi connectivity index (χ2n) is 5.19. The highest BCUT2D eigenvalue weighted by Gasteiger charge is 2.38. The fourth-order valence-corrected chi connectivity index (χ4v) is 2.78. The number of rotatable bonds is 3. The van der Waals surface area contributed by atoms with Crippen molar-refractivity contribution in [3.63, 3.8) is 0 Å². The van der Waals surface area contributed by atoms with E-state index in [0.29, 0.717) is 0 Å². The Morgan fingerprint density at radius 3 is 2.16 bits per heavy atom. The van der Waals surface area contributed by atoms with Gasteiger partial charge in [0.05, 0.1) is 0 Å². The summed E-state index contributed by atoms with van der Waals surface area (Å²) in [5.41, 5.74) is 2.57. The summed E-state index contributed by atoms with van der Waals surface area (Å²) in [4.78, 5) is 0. The van der Waals surface area contributed by atoms with Crippen LogP contribution in [0.5, 0.6) is 0 Å². The van der Waals surface area contributed by atoms with Crippen molar-refractivity contribution in [1.82, 2.24) is 5.32 Å². The van der Waals surface area contributed by atoms with Crippen molar-refractivity contribution in [3.05, 3.63) is 70.5 Å². The average Bonchev–Trinajstić information content (AvgIpc) is 2.37. The monoisotopic (exact) mass is 275 g/mol. The number of hydrogen-bond acceptors (Lipinski definition) is 1. The summed E-state index contributed by atoms with van der Waals surface area (Å²) in [6.45, 7) is 1.90. The van der Waals surface area contributed by atoms with Crippen LogP contribution in [0.3, 0.4) is 0 Å². The van der Waals surface area contributed by atoms with Crippen LogP contribution in [-0.4, -0.2) is 13.1 Å². The summed E-state index contributed by atoms with van der Waals surface area (Å²) in [5.74, 6) is -0.184. The van der Waals surface area contributed by atoms with E-state index < -0.39 is 0 Å². The Morgan fingerprint density at radius 1 is 1.00 bits per heavy atom. The van der Waals surface area contributed by atoms with E-state index in [4.69, 9.17) is 11.6 Å². The zero-order chi connectivity index (χ0) is 13.3. The standard InChI is InChI=1S/C16H15ClFN/c17-14-5-3-13(4-6-14)16(10-19-11-16)9-12-1-7-15(18)8-2-12/h1-8,19H,9-11H2. The molecule has 0 aliphatic carbocycles. The highest BCUT2D eigenvalue weighted by Crippen LogP contribution is 2.33. The Morgan fingerprint density at radius 2 is 1.63 bits per heavy atom. The molecule has 3 rings (SSSR count). The van der Waals surface area contributed by atoms with Gasteiger partial charge >= 0.3 is 0 Å². The lowest BCUT2D eigenvalue weighted by Crippen LogP contribution is -2.58. The van der Waals surface area contributed by atoms with Gasteiger partial charge in [-0.15, -0.1) is 0 Å². The minimum Gasteiger partial charge on any atom is -0.315 e. The average molecular weight is 276 g/mol. The van der Waals surface area contributed by atoms with Gasteiger partial charge in [0.25, 0.3) is 0 Å². The Hall–Kier alpha value is -1.38.